The highest BCUT2D eigenvalue weighted by Gasteiger charge is 2.40. The van der Waals surface area contributed by atoms with Crippen molar-refractivity contribution in [2.45, 2.75) is 5.92 Å². The van der Waals surface area contributed by atoms with Crippen LogP contribution in [0.5, 0.6) is 0 Å². The largest absolute Gasteiger partial charge is 0.279 e. The van der Waals surface area contributed by atoms with Crippen LogP contribution in [0.3, 0.4) is 0 Å². The normalized spacial score (nSPS) is 17.7. The van der Waals surface area contributed by atoms with E-state index >= 15 is 0 Å². The third kappa shape index (κ3) is 2.26. The van der Waals surface area contributed by atoms with Crippen LogP contribution in [-0.4, -0.2) is 10.5 Å². The van der Waals surface area contributed by atoms with Gasteiger partial charge in [0.1, 0.15) is 0 Å². The van der Waals surface area contributed by atoms with E-state index in [4.69, 9.17) is 23.2 Å². The number of benzene rings is 1. The standard InChI is InChI=1S/C14H10Cl2O2/c15-12(17)14(13(16)18)8-6-11(7-9-14)10-4-2-1-3-5-10/h1-9,11H. The molecule has 0 fully saturated rings. The monoisotopic (exact) mass is 280 g/mol. The number of carbonyl (C=O) groups excluding carboxylic acids is 2. The second-order valence-corrected chi connectivity index (χ2v) is 4.76. The smallest absolute Gasteiger partial charge is 0.244 e. The minimum atomic E-state index is -1.52. The Morgan fingerprint density at radius 2 is 1.44 bits per heavy atom. The van der Waals surface area contributed by atoms with Crippen LogP contribution >= 0.6 is 23.2 Å². The molecule has 0 heterocycles. The Balaban J connectivity index is 2.31. The number of hydrogen-bond donors (Lipinski definition) is 0. The van der Waals surface area contributed by atoms with E-state index in [1.54, 1.807) is 12.2 Å². The highest BCUT2D eigenvalue weighted by Crippen LogP contribution is 2.35. The van der Waals surface area contributed by atoms with Gasteiger partial charge in [-0.05, 0) is 28.8 Å². The first kappa shape index (κ1) is 13.1. The molecule has 92 valence electrons. The van der Waals surface area contributed by atoms with Crippen molar-refractivity contribution in [1.29, 1.82) is 0 Å². The Labute approximate surface area is 115 Å². The summed E-state index contributed by atoms with van der Waals surface area (Å²) in [6, 6.07) is 9.72. The first-order valence-electron chi connectivity index (χ1n) is 5.40. The van der Waals surface area contributed by atoms with Gasteiger partial charge in [0.05, 0.1) is 0 Å². The predicted octanol–water partition coefficient (Wildman–Crippen LogP) is 3.41. The van der Waals surface area contributed by atoms with Crippen LogP contribution in [0.2, 0.25) is 0 Å². The number of hydrogen-bond acceptors (Lipinski definition) is 2. The molecule has 0 unspecified atom stereocenters. The average Bonchev–Trinajstić information content (AvgIpc) is 2.39. The van der Waals surface area contributed by atoms with Crippen molar-refractivity contribution in [3.63, 3.8) is 0 Å². The molecule has 1 aliphatic rings. The minimum Gasteiger partial charge on any atom is -0.279 e. The highest BCUT2D eigenvalue weighted by molar-refractivity contribution is 6.75. The molecule has 0 aromatic heterocycles. The SMILES string of the molecule is O=C(Cl)C1(C(=O)Cl)C=CC(c2ccccc2)C=C1. The molecule has 1 aromatic rings. The molecule has 0 saturated carbocycles. The van der Waals surface area contributed by atoms with Crippen LogP contribution in [0.4, 0.5) is 0 Å². The summed E-state index contributed by atoms with van der Waals surface area (Å²) in [4.78, 5) is 22.7. The molecule has 4 heteroatoms. The Kier molecular flexibility index (Phi) is 3.69. The maximum absolute atomic E-state index is 11.4. The molecule has 0 spiro atoms. The third-order valence-corrected chi connectivity index (χ3v) is 3.59. The number of rotatable bonds is 3. The van der Waals surface area contributed by atoms with Crippen molar-refractivity contribution in [3.05, 3.63) is 60.2 Å². The second-order valence-electron chi connectivity index (χ2n) is 4.07. The van der Waals surface area contributed by atoms with E-state index in [9.17, 15) is 9.59 Å². The van der Waals surface area contributed by atoms with Gasteiger partial charge in [-0.3, -0.25) is 9.59 Å². The second kappa shape index (κ2) is 5.09. The molecule has 2 nitrogen and oxygen atoms in total. The zero-order chi connectivity index (χ0) is 13.2. The lowest BCUT2D eigenvalue weighted by Crippen LogP contribution is -2.31. The molecule has 1 aromatic carbocycles. The number of halogens is 2. The Bertz CT molecular complexity index is 502. The third-order valence-electron chi connectivity index (χ3n) is 2.97. The lowest BCUT2D eigenvalue weighted by molar-refractivity contribution is -0.125. The maximum atomic E-state index is 11.4. The molecule has 0 N–H and O–H groups in total. The summed E-state index contributed by atoms with van der Waals surface area (Å²) in [7, 11) is 0. The molecular formula is C14H10Cl2O2. The summed E-state index contributed by atoms with van der Waals surface area (Å²) < 4.78 is 0. The lowest BCUT2D eigenvalue weighted by atomic mass is 9.82. The first-order chi connectivity index (χ1) is 8.56. The van der Waals surface area contributed by atoms with Gasteiger partial charge >= 0.3 is 0 Å². The fraction of sp³-hybridized carbons (Fsp3) is 0.143. The molecule has 0 amide bonds. The van der Waals surface area contributed by atoms with Crippen LogP contribution in [0.1, 0.15) is 11.5 Å². The first-order valence-corrected chi connectivity index (χ1v) is 6.15. The number of allylic oxidation sites excluding steroid dienone is 4. The zero-order valence-electron chi connectivity index (χ0n) is 9.35. The van der Waals surface area contributed by atoms with E-state index in [2.05, 4.69) is 0 Å². The van der Waals surface area contributed by atoms with Crippen molar-refractivity contribution in [3.8, 4) is 0 Å². The Morgan fingerprint density at radius 1 is 0.944 bits per heavy atom. The van der Waals surface area contributed by atoms with Gasteiger partial charge in [-0.25, -0.2) is 0 Å². The molecule has 1 aliphatic carbocycles. The molecule has 0 radical (unpaired) electrons. The summed E-state index contributed by atoms with van der Waals surface area (Å²) in [6.45, 7) is 0. The van der Waals surface area contributed by atoms with Crippen molar-refractivity contribution >= 4 is 33.7 Å². The molecule has 18 heavy (non-hydrogen) atoms. The van der Waals surface area contributed by atoms with Gasteiger partial charge in [-0.2, -0.15) is 0 Å². The van der Waals surface area contributed by atoms with E-state index in [1.165, 1.54) is 12.2 Å². The zero-order valence-corrected chi connectivity index (χ0v) is 10.9. The highest BCUT2D eigenvalue weighted by atomic mass is 35.5. The summed E-state index contributed by atoms with van der Waals surface area (Å²) in [6.07, 6.45) is 6.45. The average molecular weight is 281 g/mol. The summed E-state index contributed by atoms with van der Waals surface area (Å²) in [5.74, 6) is 0.0198. The van der Waals surface area contributed by atoms with Gasteiger partial charge in [-0.15, -0.1) is 0 Å². The number of carbonyl (C=O) groups is 2. The van der Waals surface area contributed by atoms with Crippen molar-refractivity contribution in [1.82, 2.24) is 0 Å². The maximum Gasteiger partial charge on any atom is 0.244 e. The van der Waals surface area contributed by atoms with Gasteiger partial charge in [-0.1, -0.05) is 54.6 Å². The topological polar surface area (TPSA) is 34.1 Å². The Hall–Kier alpha value is -1.38. The molecule has 0 aliphatic heterocycles. The molecule has 0 saturated heterocycles. The fourth-order valence-electron chi connectivity index (χ4n) is 1.87. The summed E-state index contributed by atoms with van der Waals surface area (Å²) in [5, 5.41) is -1.58. The van der Waals surface area contributed by atoms with Crippen LogP contribution < -0.4 is 0 Å². The summed E-state index contributed by atoms with van der Waals surface area (Å²) in [5.41, 5.74) is -0.448. The van der Waals surface area contributed by atoms with Crippen LogP contribution in [-0.2, 0) is 9.59 Å². The molecule has 0 atom stereocenters. The van der Waals surface area contributed by atoms with Crippen LogP contribution in [0, 0.1) is 5.41 Å². The van der Waals surface area contributed by atoms with Gasteiger partial charge in [0.2, 0.25) is 10.5 Å². The molecular weight excluding hydrogens is 271 g/mol. The lowest BCUT2D eigenvalue weighted by Gasteiger charge is -2.23. The van der Waals surface area contributed by atoms with Crippen molar-refractivity contribution in [2.24, 2.45) is 5.41 Å². The van der Waals surface area contributed by atoms with Crippen LogP contribution in [0.25, 0.3) is 0 Å². The minimum absolute atomic E-state index is 0.0198. The van der Waals surface area contributed by atoms with Gasteiger partial charge < -0.3 is 0 Å². The fourth-order valence-corrected chi connectivity index (χ4v) is 2.34. The van der Waals surface area contributed by atoms with E-state index in [0.29, 0.717) is 0 Å². The van der Waals surface area contributed by atoms with Gasteiger partial charge in [0, 0.05) is 5.92 Å². The predicted molar refractivity (Wildman–Crippen MR) is 71.6 cm³/mol. The van der Waals surface area contributed by atoms with E-state index in [1.807, 2.05) is 30.3 Å². The van der Waals surface area contributed by atoms with E-state index in [-0.39, 0.29) is 5.92 Å². The van der Waals surface area contributed by atoms with E-state index < -0.39 is 15.9 Å². The molecule has 2 rings (SSSR count). The summed E-state index contributed by atoms with van der Waals surface area (Å²) >= 11 is 10.9. The van der Waals surface area contributed by atoms with Crippen molar-refractivity contribution in [2.75, 3.05) is 0 Å². The van der Waals surface area contributed by atoms with E-state index in [0.717, 1.165) is 5.56 Å². The van der Waals surface area contributed by atoms with Gasteiger partial charge in [0.15, 0.2) is 5.41 Å². The van der Waals surface area contributed by atoms with Crippen molar-refractivity contribution < 1.29 is 9.59 Å². The molecule has 0 bridgehead atoms. The quantitative estimate of drug-likeness (QED) is 0.483. The Morgan fingerprint density at radius 3 is 1.89 bits per heavy atom. The van der Waals surface area contributed by atoms with Gasteiger partial charge in [0.25, 0.3) is 0 Å². The van der Waals surface area contributed by atoms with Crippen LogP contribution in [0.15, 0.2) is 54.6 Å².